The molecule has 4 heteroatoms. The largest absolute Gasteiger partial charge is 0.472 e. The highest BCUT2D eigenvalue weighted by Gasteiger charge is 2.19. The van der Waals surface area contributed by atoms with Crippen molar-refractivity contribution < 1.29 is 9.21 Å². The molecule has 0 N–H and O–H groups in total. The topological polar surface area (TPSA) is 33.5 Å². The summed E-state index contributed by atoms with van der Waals surface area (Å²) in [5, 5.41) is -0.320. The predicted octanol–water partition coefficient (Wildman–Crippen LogP) is 2.78. The van der Waals surface area contributed by atoms with Crippen LogP contribution in [-0.2, 0) is 17.8 Å². The van der Waals surface area contributed by atoms with Crippen LogP contribution in [0.3, 0.4) is 0 Å². The average molecular weight is 275 g/mol. The van der Waals surface area contributed by atoms with Gasteiger partial charge in [-0.1, -0.05) is 30.3 Å². The Kier molecular flexibility index (Phi) is 4.68. The molecule has 0 radical (unpaired) electrons. The smallest absolute Gasteiger partial charge is 0.235 e. The highest BCUT2D eigenvalue weighted by atomic mass is 32.1. The van der Waals surface area contributed by atoms with Crippen molar-refractivity contribution in [2.45, 2.75) is 18.2 Å². The molecular formula is C15H17NO2S. The molecule has 1 heterocycles. The van der Waals surface area contributed by atoms with Gasteiger partial charge in [0.05, 0.1) is 17.8 Å². The monoisotopic (exact) mass is 275 g/mol. The zero-order chi connectivity index (χ0) is 13.7. The Hall–Kier alpha value is -1.68. The van der Waals surface area contributed by atoms with Crippen LogP contribution in [0.1, 0.15) is 11.1 Å². The van der Waals surface area contributed by atoms with Crippen molar-refractivity contribution in [1.82, 2.24) is 4.90 Å². The van der Waals surface area contributed by atoms with E-state index < -0.39 is 0 Å². The second kappa shape index (κ2) is 6.48. The van der Waals surface area contributed by atoms with Gasteiger partial charge in [0.25, 0.3) is 0 Å². The summed E-state index contributed by atoms with van der Waals surface area (Å²) in [6.07, 6.45) is 3.89. The van der Waals surface area contributed by atoms with E-state index in [1.54, 1.807) is 24.5 Å². The van der Waals surface area contributed by atoms with E-state index in [-0.39, 0.29) is 11.2 Å². The normalized spacial score (nSPS) is 12.1. The summed E-state index contributed by atoms with van der Waals surface area (Å²) >= 11 is 4.41. The standard InChI is InChI=1S/C15H17NO2S/c1-16(10-13-7-8-18-11-13)15(17)14(19)9-12-5-3-2-4-6-12/h2-8,11,14,19H,9-10H2,1H3. The van der Waals surface area contributed by atoms with Crippen LogP contribution >= 0.6 is 12.6 Å². The number of amides is 1. The number of carbonyl (C=O) groups is 1. The molecule has 0 saturated heterocycles. The predicted molar refractivity (Wildman–Crippen MR) is 78.1 cm³/mol. The quantitative estimate of drug-likeness (QED) is 0.851. The first-order valence-corrected chi connectivity index (χ1v) is 6.66. The first-order chi connectivity index (χ1) is 9.16. The fraction of sp³-hybridized carbons (Fsp3) is 0.267. The zero-order valence-electron chi connectivity index (χ0n) is 10.8. The lowest BCUT2D eigenvalue weighted by atomic mass is 10.1. The third-order valence-corrected chi connectivity index (χ3v) is 3.34. The van der Waals surface area contributed by atoms with Gasteiger partial charge >= 0.3 is 0 Å². The number of hydrogen-bond acceptors (Lipinski definition) is 3. The van der Waals surface area contributed by atoms with E-state index in [0.29, 0.717) is 13.0 Å². The molecule has 1 aromatic carbocycles. The molecule has 0 fully saturated rings. The minimum Gasteiger partial charge on any atom is -0.472 e. The summed E-state index contributed by atoms with van der Waals surface area (Å²) in [5.74, 6) is 0.0217. The van der Waals surface area contributed by atoms with Crippen LogP contribution in [0.2, 0.25) is 0 Å². The van der Waals surface area contributed by atoms with Crippen molar-refractivity contribution >= 4 is 18.5 Å². The Labute approximate surface area is 118 Å². The molecule has 0 aliphatic rings. The number of nitrogens with zero attached hydrogens (tertiary/aromatic N) is 1. The molecule has 19 heavy (non-hydrogen) atoms. The molecule has 0 aliphatic carbocycles. The first-order valence-electron chi connectivity index (χ1n) is 6.15. The summed E-state index contributed by atoms with van der Waals surface area (Å²) in [5.41, 5.74) is 2.10. The highest BCUT2D eigenvalue weighted by molar-refractivity contribution is 7.81. The van der Waals surface area contributed by atoms with Crippen molar-refractivity contribution in [2.24, 2.45) is 0 Å². The van der Waals surface area contributed by atoms with E-state index >= 15 is 0 Å². The first kappa shape index (κ1) is 13.7. The van der Waals surface area contributed by atoms with E-state index in [0.717, 1.165) is 11.1 Å². The van der Waals surface area contributed by atoms with Crippen molar-refractivity contribution in [3.05, 3.63) is 60.1 Å². The van der Waals surface area contributed by atoms with Crippen LogP contribution < -0.4 is 0 Å². The number of rotatable bonds is 5. The molecule has 3 nitrogen and oxygen atoms in total. The minimum absolute atomic E-state index is 0.0217. The molecule has 2 aromatic rings. The van der Waals surface area contributed by atoms with Crippen molar-refractivity contribution in [3.63, 3.8) is 0 Å². The van der Waals surface area contributed by atoms with Crippen molar-refractivity contribution in [1.29, 1.82) is 0 Å². The molecule has 0 spiro atoms. The molecule has 2 rings (SSSR count). The summed E-state index contributed by atoms with van der Waals surface area (Å²) < 4.78 is 4.99. The summed E-state index contributed by atoms with van der Waals surface area (Å²) in [4.78, 5) is 13.9. The zero-order valence-corrected chi connectivity index (χ0v) is 11.7. The average Bonchev–Trinajstić information content (AvgIpc) is 2.91. The highest BCUT2D eigenvalue weighted by Crippen LogP contribution is 2.12. The van der Waals surface area contributed by atoms with Gasteiger partial charge in [0.15, 0.2) is 0 Å². The second-order valence-electron chi connectivity index (χ2n) is 4.53. The van der Waals surface area contributed by atoms with Gasteiger partial charge in [0.2, 0.25) is 5.91 Å². The molecule has 0 aliphatic heterocycles. The van der Waals surface area contributed by atoms with Crippen LogP contribution in [0.5, 0.6) is 0 Å². The third-order valence-electron chi connectivity index (χ3n) is 2.93. The van der Waals surface area contributed by atoms with Crippen LogP contribution in [-0.4, -0.2) is 23.1 Å². The van der Waals surface area contributed by atoms with Gasteiger partial charge in [-0.25, -0.2) is 0 Å². The Morgan fingerprint density at radius 1 is 1.26 bits per heavy atom. The lowest BCUT2D eigenvalue weighted by Crippen LogP contribution is -2.34. The van der Waals surface area contributed by atoms with E-state index in [2.05, 4.69) is 12.6 Å². The maximum absolute atomic E-state index is 12.2. The van der Waals surface area contributed by atoms with Crippen LogP contribution in [0, 0.1) is 0 Å². The van der Waals surface area contributed by atoms with Crippen LogP contribution in [0.15, 0.2) is 53.3 Å². The minimum atomic E-state index is -0.320. The fourth-order valence-electron chi connectivity index (χ4n) is 1.91. The SMILES string of the molecule is CN(Cc1ccoc1)C(=O)C(S)Cc1ccccc1. The number of benzene rings is 1. The van der Waals surface area contributed by atoms with Crippen LogP contribution in [0.4, 0.5) is 0 Å². The maximum Gasteiger partial charge on any atom is 0.235 e. The number of furan rings is 1. The lowest BCUT2D eigenvalue weighted by Gasteiger charge is -2.20. The molecule has 1 amide bonds. The van der Waals surface area contributed by atoms with E-state index in [1.807, 2.05) is 36.4 Å². The molecule has 1 unspecified atom stereocenters. The van der Waals surface area contributed by atoms with Gasteiger partial charge in [-0.05, 0) is 18.1 Å². The van der Waals surface area contributed by atoms with Gasteiger partial charge < -0.3 is 9.32 Å². The van der Waals surface area contributed by atoms with Crippen LogP contribution in [0.25, 0.3) is 0 Å². The maximum atomic E-state index is 12.2. The third kappa shape index (κ3) is 3.89. The Morgan fingerprint density at radius 2 is 2.00 bits per heavy atom. The van der Waals surface area contributed by atoms with Gasteiger partial charge in [-0.3, -0.25) is 4.79 Å². The lowest BCUT2D eigenvalue weighted by molar-refractivity contribution is -0.129. The Bertz CT molecular complexity index is 510. The van der Waals surface area contributed by atoms with Gasteiger partial charge in [0, 0.05) is 19.2 Å². The number of thiol groups is 1. The fourth-order valence-corrected chi connectivity index (χ4v) is 2.32. The summed E-state index contributed by atoms with van der Waals surface area (Å²) in [7, 11) is 1.78. The number of hydrogen-bond donors (Lipinski definition) is 1. The second-order valence-corrected chi connectivity index (χ2v) is 5.15. The Balaban J connectivity index is 1.91. The Morgan fingerprint density at radius 3 is 2.63 bits per heavy atom. The van der Waals surface area contributed by atoms with Crippen molar-refractivity contribution in [2.75, 3.05) is 7.05 Å². The van der Waals surface area contributed by atoms with E-state index in [9.17, 15) is 4.79 Å². The molecule has 0 saturated carbocycles. The summed E-state index contributed by atoms with van der Waals surface area (Å²) in [6.45, 7) is 0.543. The van der Waals surface area contributed by atoms with Crippen molar-refractivity contribution in [3.8, 4) is 0 Å². The van der Waals surface area contributed by atoms with Gasteiger partial charge in [0.1, 0.15) is 0 Å². The van der Waals surface area contributed by atoms with Gasteiger partial charge in [-0.15, -0.1) is 0 Å². The molecule has 0 bridgehead atoms. The molecule has 1 aromatic heterocycles. The van der Waals surface area contributed by atoms with E-state index in [4.69, 9.17) is 4.42 Å². The summed E-state index contributed by atoms with van der Waals surface area (Å²) in [6, 6.07) is 11.8. The van der Waals surface area contributed by atoms with Gasteiger partial charge in [-0.2, -0.15) is 12.6 Å². The number of carbonyl (C=O) groups excluding carboxylic acids is 1. The van der Waals surface area contributed by atoms with E-state index in [1.165, 1.54) is 0 Å². The molecule has 1 atom stereocenters. The molecule has 100 valence electrons. The molecular weight excluding hydrogens is 258 g/mol.